The molecule has 0 spiro atoms. The predicted octanol–water partition coefficient (Wildman–Crippen LogP) is 4.33. The SMILES string of the molecule is O=C(Nc1cc(C(F)(F)F)ccc1N1CCCC1)c1ccc(S(=O)(=O)N2CCCCC2)o1. The van der Waals surface area contributed by atoms with Gasteiger partial charge in [-0.15, -0.1) is 0 Å². The van der Waals surface area contributed by atoms with E-state index in [1.807, 2.05) is 4.90 Å². The highest BCUT2D eigenvalue weighted by atomic mass is 32.2. The van der Waals surface area contributed by atoms with E-state index >= 15 is 0 Å². The number of anilines is 2. The van der Waals surface area contributed by atoms with Gasteiger partial charge in [0.2, 0.25) is 5.09 Å². The number of hydrogen-bond acceptors (Lipinski definition) is 5. The van der Waals surface area contributed by atoms with E-state index in [-0.39, 0.29) is 16.5 Å². The van der Waals surface area contributed by atoms with Gasteiger partial charge in [-0.2, -0.15) is 17.5 Å². The van der Waals surface area contributed by atoms with Gasteiger partial charge in [0.15, 0.2) is 5.76 Å². The lowest BCUT2D eigenvalue weighted by atomic mass is 10.1. The van der Waals surface area contributed by atoms with Crippen molar-refractivity contribution in [1.29, 1.82) is 0 Å². The molecule has 11 heteroatoms. The molecule has 2 fully saturated rings. The van der Waals surface area contributed by atoms with Crippen LogP contribution >= 0.6 is 0 Å². The molecule has 0 saturated carbocycles. The van der Waals surface area contributed by atoms with E-state index in [0.29, 0.717) is 31.9 Å². The molecule has 0 atom stereocenters. The minimum atomic E-state index is -4.57. The Hall–Kier alpha value is -2.53. The largest absolute Gasteiger partial charge is 0.438 e. The number of nitrogens with one attached hydrogen (secondary N) is 1. The fourth-order valence-corrected chi connectivity index (χ4v) is 5.47. The van der Waals surface area contributed by atoms with Gasteiger partial charge in [0, 0.05) is 26.2 Å². The molecule has 2 aromatic rings. The summed E-state index contributed by atoms with van der Waals surface area (Å²) in [6, 6.07) is 5.64. The average molecular weight is 472 g/mol. The normalized spacial score (nSPS) is 18.2. The van der Waals surface area contributed by atoms with Crippen molar-refractivity contribution in [3.05, 3.63) is 41.7 Å². The monoisotopic (exact) mass is 471 g/mol. The summed E-state index contributed by atoms with van der Waals surface area (Å²) >= 11 is 0. The molecule has 0 unspecified atom stereocenters. The van der Waals surface area contributed by atoms with Crippen LogP contribution in [0.5, 0.6) is 0 Å². The molecule has 2 saturated heterocycles. The highest BCUT2D eigenvalue weighted by Crippen LogP contribution is 2.37. The zero-order valence-electron chi connectivity index (χ0n) is 17.3. The van der Waals surface area contributed by atoms with E-state index < -0.39 is 27.7 Å². The van der Waals surface area contributed by atoms with Crippen molar-refractivity contribution in [1.82, 2.24) is 4.31 Å². The third kappa shape index (κ3) is 4.63. The summed E-state index contributed by atoms with van der Waals surface area (Å²) in [7, 11) is -3.87. The fourth-order valence-electron chi connectivity index (χ4n) is 4.04. The topological polar surface area (TPSA) is 82.9 Å². The first kappa shape index (κ1) is 22.7. The van der Waals surface area contributed by atoms with Crippen LogP contribution in [0.1, 0.15) is 48.2 Å². The first-order valence-corrected chi connectivity index (χ1v) is 12.0. The van der Waals surface area contributed by atoms with E-state index in [1.165, 1.54) is 22.5 Å². The first-order valence-electron chi connectivity index (χ1n) is 10.5. The Labute approximate surface area is 184 Å². The van der Waals surface area contributed by atoms with Gasteiger partial charge < -0.3 is 14.6 Å². The zero-order chi connectivity index (χ0) is 22.9. The second kappa shape index (κ2) is 8.78. The van der Waals surface area contributed by atoms with E-state index in [9.17, 15) is 26.4 Å². The summed E-state index contributed by atoms with van der Waals surface area (Å²) in [6.07, 6.45) is -0.295. The number of sulfonamides is 1. The Balaban J connectivity index is 1.58. The number of furan rings is 1. The van der Waals surface area contributed by atoms with Gasteiger partial charge in [-0.1, -0.05) is 6.42 Å². The van der Waals surface area contributed by atoms with Crippen LogP contribution in [0.15, 0.2) is 39.8 Å². The minimum absolute atomic E-state index is 0.00330. The van der Waals surface area contributed by atoms with Crippen LogP contribution in [-0.2, 0) is 16.2 Å². The van der Waals surface area contributed by atoms with Crippen molar-refractivity contribution in [3.63, 3.8) is 0 Å². The number of carbonyl (C=O) groups is 1. The third-order valence-electron chi connectivity index (χ3n) is 5.73. The maximum absolute atomic E-state index is 13.2. The zero-order valence-corrected chi connectivity index (χ0v) is 18.1. The lowest BCUT2D eigenvalue weighted by Crippen LogP contribution is -2.35. The van der Waals surface area contributed by atoms with E-state index in [1.54, 1.807) is 0 Å². The lowest BCUT2D eigenvalue weighted by Gasteiger charge is -2.24. The molecular formula is C21H24F3N3O4S. The van der Waals surface area contributed by atoms with Crippen molar-refractivity contribution >= 4 is 27.3 Å². The smallest absolute Gasteiger partial charge is 0.416 e. The highest BCUT2D eigenvalue weighted by molar-refractivity contribution is 7.89. The van der Waals surface area contributed by atoms with Crippen molar-refractivity contribution in [2.24, 2.45) is 0 Å². The Morgan fingerprint density at radius 1 is 0.938 bits per heavy atom. The Kier molecular flexibility index (Phi) is 6.22. The number of nitrogens with zero attached hydrogens (tertiary/aromatic N) is 2. The predicted molar refractivity (Wildman–Crippen MR) is 112 cm³/mol. The average Bonchev–Trinajstić information content (AvgIpc) is 3.46. The third-order valence-corrected chi connectivity index (χ3v) is 7.51. The minimum Gasteiger partial charge on any atom is -0.438 e. The number of hydrogen-bond donors (Lipinski definition) is 1. The molecule has 2 aliphatic heterocycles. The summed E-state index contributed by atoms with van der Waals surface area (Å²) in [5.41, 5.74) is -0.399. The van der Waals surface area contributed by atoms with Crippen molar-refractivity contribution in [2.45, 2.75) is 43.4 Å². The Morgan fingerprint density at radius 2 is 1.59 bits per heavy atom. The van der Waals surface area contributed by atoms with Crippen LogP contribution in [0.3, 0.4) is 0 Å². The maximum atomic E-state index is 13.2. The fraction of sp³-hybridized carbons (Fsp3) is 0.476. The van der Waals surface area contributed by atoms with Crippen LogP contribution < -0.4 is 10.2 Å². The van der Waals surface area contributed by atoms with Crippen molar-refractivity contribution in [3.8, 4) is 0 Å². The van der Waals surface area contributed by atoms with Gasteiger partial charge in [0.05, 0.1) is 16.9 Å². The molecule has 1 amide bonds. The molecule has 2 aliphatic rings. The number of rotatable bonds is 5. The number of benzene rings is 1. The Bertz CT molecular complexity index is 1090. The van der Waals surface area contributed by atoms with Crippen LogP contribution in [0.4, 0.5) is 24.5 Å². The van der Waals surface area contributed by atoms with Crippen LogP contribution in [0.2, 0.25) is 0 Å². The van der Waals surface area contributed by atoms with Gasteiger partial charge in [0.1, 0.15) is 0 Å². The van der Waals surface area contributed by atoms with Crippen LogP contribution in [0, 0.1) is 0 Å². The van der Waals surface area contributed by atoms with Gasteiger partial charge in [0.25, 0.3) is 15.9 Å². The second-order valence-corrected chi connectivity index (χ2v) is 9.83. The second-order valence-electron chi connectivity index (χ2n) is 7.96. The molecular weight excluding hydrogens is 447 g/mol. The molecule has 0 bridgehead atoms. The molecule has 7 nitrogen and oxygen atoms in total. The number of piperidine rings is 1. The van der Waals surface area contributed by atoms with E-state index in [0.717, 1.165) is 44.2 Å². The van der Waals surface area contributed by atoms with Gasteiger partial charge in [-0.25, -0.2) is 8.42 Å². The molecule has 1 N–H and O–H groups in total. The first-order chi connectivity index (χ1) is 15.2. The molecule has 3 heterocycles. The standard InChI is InChI=1S/C21H24F3N3O4S/c22-21(23,24)15-6-7-17(26-10-4-5-11-26)16(14-15)25-20(28)18-8-9-19(31-18)32(29,30)27-12-2-1-3-13-27/h6-9,14H,1-5,10-13H2,(H,25,28). The number of alkyl halides is 3. The number of amides is 1. The molecule has 0 aliphatic carbocycles. The highest BCUT2D eigenvalue weighted by Gasteiger charge is 2.33. The van der Waals surface area contributed by atoms with Crippen molar-refractivity contribution in [2.75, 3.05) is 36.4 Å². The summed E-state index contributed by atoms with van der Waals surface area (Å²) in [5, 5.41) is 2.12. The summed E-state index contributed by atoms with van der Waals surface area (Å²) in [4.78, 5) is 14.7. The number of halogens is 3. The molecule has 174 valence electrons. The molecule has 0 radical (unpaired) electrons. The van der Waals surface area contributed by atoms with Crippen molar-refractivity contribution < 1.29 is 30.8 Å². The van der Waals surface area contributed by atoms with Gasteiger partial charge in [-0.3, -0.25) is 4.79 Å². The number of carbonyl (C=O) groups excluding carboxylic acids is 1. The molecule has 1 aromatic heterocycles. The summed E-state index contributed by atoms with van der Waals surface area (Å²) in [6.45, 7) is 2.11. The van der Waals surface area contributed by atoms with E-state index in [4.69, 9.17) is 4.42 Å². The maximum Gasteiger partial charge on any atom is 0.416 e. The summed E-state index contributed by atoms with van der Waals surface area (Å²) in [5.74, 6) is -1.10. The molecule has 32 heavy (non-hydrogen) atoms. The lowest BCUT2D eigenvalue weighted by molar-refractivity contribution is -0.137. The van der Waals surface area contributed by atoms with Gasteiger partial charge >= 0.3 is 6.18 Å². The molecule has 1 aromatic carbocycles. The molecule has 4 rings (SSSR count). The Morgan fingerprint density at radius 3 is 2.25 bits per heavy atom. The quantitative estimate of drug-likeness (QED) is 0.702. The van der Waals surface area contributed by atoms with E-state index in [2.05, 4.69) is 5.32 Å². The van der Waals surface area contributed by atoms with Crippen LogP contribution in [0.25, 0.3) is 0 Å². The van der Waals surface area contributed by atoms with Crippen LogP contribution in [-0.4, -0.2) is 44.8 Å². The summed E-state index contributed by atoms with van der Waals surface area (Å²) < 4.78 is 71.8. The van der Waals surface area contributed by atoms with Gasteiger partial charge in [-0.05, 0) is 56.0 Å².